The highest BCUT2D eigenvalue weighted by atomic mass is 16.5. The number of para-hydroxylation sites is 1. The Hall–Kier alpha value is -3.28. The monoisotopic (exact) mass is 324 g/mol. The van der Waals surface area contributed by atoms with Crippen LogP contribution in [-0.2, 0) is 0 Å². The van der Waals surface area contributed by atoms with E-state index in [1.165, 1.54) is 7.11 Å². The first kappa shape index (κ1) is 15.6. The van der Waals surface area contributed by atoms with Gasteiger partial charge in [-0.15, -0.1) is 0 Å². The normalized spacial score (nSPS) is 10.4. The van der Waals surface area contributed by atoms with Crippen LogP contribution in [-0.4, -0.2) is 25.1 Å². The third kappa shape index (κ3) is 2.94. The second kappa shape index (κ2) is 6.45. The summed E-state index contributed by atoms with van der Waals surface area (Å²) < 4.78 is 10.4. The fourth-order valence-electron chi connectivity index (χ4n) is 2.41. The summed E-state index contributed by atoms with van der Waals surface area (Å²) in [4.78, 5) is 27.3. The first-order chi connectivity index (χ1) is 11.6. The molecule has 6 heteroatoms. The highest BCUT2D eigenvalue weighted by Crippen LogP contribution is 2.29. The molecule has 3 aromatic rings. The van der Waals surface area contributed by atoms with Gasteiger partial charge in [-0.2, -0.15) is 0 Å². The zero-order valence-corrected chi connectivity index (χ0v) is 13.3. The molecule has 2 N–H and O–H groups in total. The molecule has 0 spiro atoms. The second-order valence-electron chi connectivity index (χ2n) is 5.12. The van der Waals surface area contributed by atoms with E-state index in [0.29, 0.717) is 22.7 Å². The summed E-state index contributed by atoms with van der Waals surface area (Å²) >= 11 is 0. The Kier molecular flexibility index (Phi) is 4.20. The van der Waals surface area contributed by atoms with Gasteiger partial charge < -0.3 is 19.8 Å². The Labute approximate surface area is 138 Å². The smallest absolute Gasteiger partial charge is 0.261 e. The molecule has 0 radical (unpaired) electrons. The summed E-state index contributed by atoms with van der Waals surface area (Å²) in [5.74, 6) is 0.541. The van der Waals surface area contributed by atoms with Gasteiger partial charge in [-0.3, -0.25) is 9.59 Å². The summed E-state index contributed by atoms with van der Waals surface area (Å²) in [7, 11) is 3.04. The van der Waals surface area contributed by atoms with Crippen molar-refractivity contribution in [3.63, 3.8) is 0 Å². The van der Waals surface area contributed by atoms with Crippen molar-refractivity contribution in [1.82, 2.24) is 4.98 Å². The molecule has 122 valence electrons. The predicted octanol–water partition coefficient (Wildman–Crippen LogP) is 2.80. The van der Waals surface area contributed by atoms with Gasteiger partial charge in [0.15, 0.2) is 0 Å². The molecule has 0 aliphatic carbocycles. The van der Waals surface area contributed by atoms with Gasteiger partial charge >= 0.3 is 0 Å². The highest BCUT2D eigenvalue weighted by Gasteiger charge is 2.14. The topological polar surface area (TPSA) is 80.4 Å². The van der Waals surface area contributed by atoms with E-state index in [4.69, 9.17) is 9.47 Å². The SMILES string of the molecule is COc1ccc(NC(=O)c2cc3ccccc3[nH]c2=O)c(OC)c1. The first-order valence-corrected chi connectivity index (χ1v) is 7.28. The number of H-pyrrole nitrogens is 1. The molecule has 0 fully saturated rings. The number of aromatic nitrogens is 1. The van der Waals surface area contributed by atoms with Crippen LogP contribution in [0.4, 0.5) is 5.69 Å². The Balaban J connectivity index is 1.96. The van der Waals surface area contributed by atoms with Crippen LogP contribution in [0.15, 0.2) is 53.3 Å². The van der Waals surface area contributed by atoms with Crippen molar-refractivity contribution < 1.29 is 14.3 Å². The molecule has 2 aromatic carbocycles. The minimum Gasteiger partial charge on any atom is -0.497 e. The lowest BCUT2D eigenvalue weighted by Crippen LogP contribution is -2.23. The summed E-state index contributed by atoms with van der Waals surface area (Å²) in [6, 6.07) is 13.9. The minimum atomic E-state index is -0.509. The highest BCUT2D eigenvalue weighted by molar-refractivity contribution is 6.06. The number of methoxy groups -OCH3 is 2. The van der Waals surface area contributed by atoms with Gasteiger partial charge in [0.1, 0.15) is 17.1 Å². The second-order valence-corrected chi connectivity index (χ2v) is 5.12. The summed E-state index contributed by atoms with van der Waals surface area (Å²) in [5.41, 5.74) is 0.724. The summed E-state index contributed by atoms with van der Waals surface area (Å²) in [6.07, 6.45) is 0. The minimum absolute atomic E-state index is 0.0339. The van der Waals surface area contributed by atoms with Gasteiger partial charge in [0, 0.05) is 11.6 Å². The molecule has 1 aromatic heterocycles. The van der Waals surface area contributed by atoms with Crippen LogP contribution in [0.2, 0.25) is 0 Å². The number of rotatable bonds is 4. The number of hydrogen-bond acceptors (Lipinski definition) is 4. The van der Waals surface area contributed by atoms with Gasteiger partial charge in [0.25, 0.3) is 11.5 Å². The molecule has 0 aliphatic heterocycles. The molecule has 0 saturated heterocycles. The zero-order chi connectivity index (χ0) is 17.1. The maximum Gasteiger partial charge on any atom is 0.261 e. The quantitative estimate of drug-likeness (QED) is 0.773. The number of benzene rings is 2. The van der Waals surface area contributed by atoms with E-state index in [1.807, 2.05) is 18.2 Å². The number of hydrogen-bond donors (Lipinski definition) is 2. The van der Waals surface area contributed by atoms with Crippen molar-refractivity contribution in [2.24, 2.45) is 0 Å². The van der Waals surface area contributed by atoms with E-state index in [2.05, 4.69) is 10.3 Å². The van der Waals surface area contributed by atoms with Crippen LogP contribution >= 0.6 is 0 Å². The van der Waals surface area contributed by atoms with E-state index in [9.17, 15) is 9.59 Å². The van der Waals surface area contributed by atoms with Gasteiger partial charge in [0.05, 0.1) is 19.9 Å². The largest absolute Gasteiger partial charge is 0.497 e. The van der Waals surface area contributed by atoms with Crippen LogP contribution in [0.25, 0.3) is 10.9 Å². The molecular formula is C18H16N2O4. The van der Waals surface area contributed by atoms with Crippen LogP contribution in [0.5, 0.6) is 11.5 Å². The van der Waals surface area contributed by atoms with Crippen molar-refractivity contribution in [2.45, 2.75) is 0 Å². The average molecular weight is 324 g/mol. The van der Waals surface area contributed by atoms with Crippen LogP contribution in [0, 0.1) is 0 Å². The Morgan fingerprint density at radius 2 is 1.83 bits per heavy atom. The molecule has 0 aliphatic rings. The number of carbonyl (C=O) groups excluding carboxylic acids is 1. The Morgan fingerprint density at radius 3 is 2.58 bits per heavy atom. The summed E-state index contributed by atoms with van der Waals surface area (Å²) in [5, 5.41) is 3.48. The van der Waals surface area contributed by atoms with Gasteiger partial charge in [0.2, 0.25) is 0 Å². The predicted molar refractivity (Wildman–Crippen MR) is 92.1 cm³/mol. The number of anilines is 1. The van der Waals surface area contributed by atoms with E-state index in [0.717, 1.165) is 5.39 Å². The maximum absolute atomic E-state index is 12.5. The van der Waals surface area contributed by atoms with E-state index in [1.54, 1.807) is 37.4 Å². The standard InChI is InChI=1S/C18H16N2O4/c1-23-12-7-8-15(16(10-12)24-2)20-18(22)13-9-11-5-3-4-6-14(11)19-17(13)21/h3-10H,1-2H3,(H,19,21)(H,20,22). The van der Waals surface area contributed by atoms with Crippen molar-refractivity contribution >= 4 is 22.5 Å². The lowest BCUT2D eigenvalue weighted by Gasteiger charge is -2.11. The maximum atomic E-state index is 12.5. The molecule has 6 nitrogen and oxygen atoms in total. The average Bonchev–Trinajstić information content (AvgIpc) is 2.61. The Morgan fingerprint density at radius 1 is 1.04 bits per heavy atom. The first-order valence-electron chi connectivity index (χ1n) is 7.28. The van der Waals surface area contributed by atoms with E-state index < -0.39 is 11.5 Å². The third-order valence-corrected chi connectivity index (χ3v) is 3.65. The number of amides is 1. The molecule has 3 rings (SSSR count). The molecule has 0 bridgehead atoms. The number of carbonyl (C=O) groups is 1. The van der Waals surface area contributed by atoms with Crippen LogP contribution in [0.1, 0.15) is 10.4 Å². The lowest BCUT2D eigenvalue weighted by molar-refractivity contribution is 0.102. The van der Waals surface area contributed by atoms with Gasteiger partial charge in [-0.1, -0.05) is 18.2 Å². The molecule has 0 atom stereocenters. The number of nitrogens with one attached hydrogen (secondary N) is 2. The number of aromatic amines is 1. The summed E-state index contributed by atoms with van der Waals surface area (Å²) in [6.45, 7) is 0. The fraction of sp³-hybridized carbons (Fsp3) is 0.111. The Bertz CT molecular complexity index is 963. The molecular weight excluding hydrogens is 308 g/mol. The van der Waals surface area contributed by atoms with Crippen LogP contribution < -0.4 is 20.3 Å². The lowest BCUT2D eigenvalue weighted by atomic mass is 10.1. The van der Waals surface area contributed by atoms with Gasteiger partial charge in [-0.25, -0.2) is 0 Å². The molecule has 0 saturated carbocycles. The fourth-order valence-corrected chi connectivity index (χ4v) is 2.41. The number of fused-ring (bicyclic) bond motifs is 1. The van der Waals surface area contributed by atoms with Crippen LogP contribution in [0.3, 0.4) is 0 Å². The van der Waals surface area contributed by atoms with Gasteiger partial charge in [-0.05, 0) is 29.7 Å². The molecule has 24 heavy (non-hydrogen) atoms. The van der Waals surface area contributed by atoms with E-state index in [-0.39, 0.29) is 5.56 Å². The van der Waals surface area contributed by atoms with E-state index >= 15 is 0 Å². The number of pyridine rings is 1. The molecule has 1 amide bonds. The third-order valence-electron chi connectivity index (χ3n) is 3.65. The number of ether oxygens (including phenoxy) is 2. The molecule has 0 unspecified atom stereocenters. The van der Waals surface area contributed by atoms with Crippen molar-refractivity contribution in [3.05, 3.63) is 64.4 Å². The van der Waals surface area contributed by atoms with Crippen molar-refractivity contribution in [3.8, 4) is 11.5 Å². The van der Waals surface area contributed by atoms with Crippen molar-refractivity contribution in [1.29, 1.82) is 0 Å². The zero-order valence-electron chi connectivity index (χ0n) is 13.3. The molecule has 1 heterocycles. The van der Waals surface area contributed by atoms with Crippen molar-refractivity contribution in [2.75, 3.05) is 19.5 Å².